The first kappa shape index (κ1) is 10.4. The number of Topliss-reactive ketones (excluding diaryl/α,β-unsaturated/α-hetero) is 1. The molecule has 1 aliphatic rings. The van der Waals surface area contributed by atoms with Gasteiger partial charge >= 0.3 is 0 Å². The van der Waals surface area contributed by atoms with E-state index < -0.39 is 15.1 Å². The molecule has 82 valence electrons. The molecular formula is C9H12N2O3S. The molecule has 1 aromatic rings. The van der Waals surface area contributed by atoms with Crippen LogP contribution in [0.4, 0.5) is 0 Å². The molecule has 1 unspecified atom stereocenters. The highest BCUT2D eigenvalue weighted by atomic mass is 32.2. The van der Waals surface area contributed by atoms with Crippen molar-refractivity contribution in [2.45, 2.75) is 25.0 Å². The zero-order valence-corrected chi connectivity index (χ0v) is 9.17. The van der Waals surface area contributed by atoms with Crippen LogP contribution in [0.1, 0.15) is 41.2 Å². The fourth-order valence-electron chi connectivity index (χ4n) is 1.82. The second-order valence-corrected chi connectivity index (χ2v) is 6.07. The quantitative estimate of drug-likeness (QED) is 0.761. The second-order valence-electron chi connectivity index (χ2n) is 3.76. The largest absolute Gasteiger partial charge is 0.293 e. The van der Waals surface area contributed by atoms with Crippen molar-refractivity contribution < 1.29 is 13.2 Å². The number of rotatable bonds is 2. The summed E-state index contributed by atoms with van der Waals surface area (Å²) in [7, 11) is -3.04. The van der Waals surface area contributed by atoms with Crippen LogP contribution in [0.5, 0.6) is 0 Å². The number of aromatic amines is 1. The van der Waals surface area contributed by atoms with E-state index in [1.165, 1.54) is 13.0 Å². The minimum absolute atomic E-state index is 0.159. The SMILES string of the molecule is CC(=O)c1cc(C2CCCS2(=O)=O)[nH]n1. The van der Waals surface area contributed by atoms with E-state index in [1.807, 2.05) is 0 Å². The number of hydrogen-bond donors (Lipinski definition) is 1. The van der Waals surface area contributed by atoms with E-state index in [0.717, 1.165) is 0 Å². The van der Waals surface area contributed by atoms with Gasteiger partial charge < -0.3 is 0 Å². The van der Waals surface area contributed by atoms with Gasteiger partial charge in [0.1, 0.15) is 10.9 Å². The lowest BCUT2D eigenvalue weighted by Gasteiger charge is -2.04. The van der Waals surface area contributed by atoms with Crippen molar-refractivity contribution in [1.29, 1.82) is 0 Å². The molecule has 0 radical (unpaired) electrons. The third-order valence-corrected chi connectivity index (χ3v) is 4.85. The highest BCUT2D eigenvalue weighted by Crippen LogP contribution is 2.33. The monoisotopic (exact) mass is 228 g/mol. The number of nitrogens with zero attached hydrogens (tertiary/aromatic N) is 1. The van der Waals surface area contributed by atoms with Gasteiger partial charge in [-0.25, -0.2) is 8.42 Å². The first-order valence-corrected chi connectivity index (χ1v) is 6.50. The van der Waals surface area contributed by atoms with Crippen LogP contribution in [-0.2, 0) is 9.84 Å². The summed E-state index contributed by atoms with van der Waals surface area (Å²) in [6.45, 7) is 1.41. The molecule has 0 aliphatic carbocycles. The lowest BCUT2D eigenvalue weighted by Crippen LogP contribution is -2.08. The lowest BCUT2D eigenvalue weighted by molar-refractivity contribution is 0.101. The maximum atomic E-state index is 11.6. The van der Waals surface area contributed by atoms with Crippen LogP contribution in [-0.4, -0.2) is 30.2 Å². The topological polar surface area (TPSA) is 79.9 Å². The Morgan fingerprint density at radius 3 is 2.80 bits per heavy atom. The van der Waals surface area contributed by atoms with Gasteiger partial charge in [0.15, 0.2) is 15.6 Å². The number of H-pyrrole nitrogens is 1. The number of carbonyl (C=O) groups excluding carboxylic acids is 1. The Balaban J connectivity index is 2.34. The Morgan fingerprint density at radius 2 is 2.33 bits per heavy atom. The molecule has 1 atom stereocenters. The van der Waals surface area contributed by atoms with E-state index in [0.29, 0.717) is 24.2 Å². The third-order valence-electron chi connectivity index (χ3n) is 2.63. The van der Waals surface area contributed by atoms with E-state index in [1.54, 1.807) is 0 Å². The Hall–Kier alpha value is -1.17. The summed E-state index contributed by atoms with van der Waals surface area (Å²) in [5.41, 5.74) is 0.838. The van der Waals surface area contributed by atoms with Gasteiger partial charge in [0.05, 0.1) is 11.4 Å². The Morgan fingerprint density at radius 1 is 1.60 bits per heavy atom. The van der Waals surface area contributed by atoms with Crippen LogP contribution in [0.25, 0.3) is 0 Å². The van der Waals surface area contributed by atoms with Gasteiger partial charge in [0, 0.05) is 6.92 Å². The van der Waals surface area contributed by atoms with Crippen LogP contribution >= 0.6 is 0 Å². The molecule has 1 aromatic heterocycles. The smallest absolute Gasteiger partial charge is 0.179 e. The van der Waals surface area contributed by atoms with Gasteiger partial charge in [-0.1, -0.05) is 0 Å². The predicted octanol–water partition coefficient (Wildman–Crippen LogP) is 0.862. The van der Waals surface area contributed by atoms with Gasteiger partial charge in [-0.3, -0.25) is 9.89 Å². The molecule has 1 aliphatic heterocycles. The van der Waals surface area contributed by atoms with Crippen LogP contribution < -0.4 is 0 Å². The predicted molar refractivity (Wildman–Crippen MR) is 54.4 cm³/mol. The van der Waals surface area contributed by atoms with Crippen molar-refractivity contribution in [2.24, 2.45) is 0 Å². The Kier molecular flexibility index (Phi) is 2.38. The van der Waals surface area contributed by atoms with Gasteiger partial charge in [-0.15, -0.1) is 0 Å². The fraction of sp³-hybridized carbons (Fsp3) is 0.556. The number of carbonyl (C=O) groups is 1. The highest BCUT2D eigenvalue weighted by Gasteiger charge is 2.34. The average molecular weight is 228 g/mol. The van der Waals surface area contributed by atoms with Crippen molar-refractivity contribution in [3.05, 3.63) is 17.5 Å². The normalized spacial score (nSPS) is 24.2. The van der Waals surface area contributed by atoms with Crippen LogP contribution in [0.15, 0.2) is 6.07 Å². The summed E-state index contributed by atoms with van der Waals surface area (Å²) < 4.78 is 23.2. The van der Waals surface area contributed by atoms with E-state index in [4.69, 9.17) is 0 Å². The third kappa shape index (κ3) is 1.81. The molecule has 1 N–H and O–H groups in total. The second kappa shape index (κ2) is 3.44. The van der Waals surface area contributed by atoms with E-state index in [9.17, 15) is 13.2 Å². The first-order chi connectivity index (χ1) is 7.00. The maximum absolute atomic E-state index is 11.6. The summed E-state index contributed by atoms with van der Waals surface area (Å²) in [4.78, 5) is 11.0. The van der Waals surface area contributed by atoms with Crippen LogP contribution in [0.3, 0.4) is 0 Å². The average Bonchev–Trinajstić information content (AvgIpc) is 2.69. The van der Waals surface area contributed by atoms with Crippen molar-refractivity contribution in [3.63, 3.8) is 0 Å². The van der Waals surface area contributed by atoms with Gasteiger partial charge in [-0.05, 0) is 18.9 Å². The zero-order valence-electron chi connectivity index (χ0n) is 8.36. The minimum atomic E-state index is -3.04. The molecule has 15 heavy (non-hydrogen) atoms. The maximum Gasteiger partial charge on any atom is 0.179 e. The number of aromatic nitrogens is 2. The van der Waals surface area contributed by atoms with Crippen molar-refractivity contribution in [1.82, 2.24) is 10.2 Å². The standard InChI is InChI=1S/C9H12N2O3S/c1-6(12)7-5-8(11-10-7)9-3-2-4-15(9,13)14/h5,9H,2-4H2,1H3,(H,10,11). The summed E-state index contributed by atoms with van der Waals surface area (Å²) in [6.07, 6.45) is 1.29. The van der Waals surface area contributed by atoms with Crippen LogP contribution in [0.2, 0.25) is 0 Å². The fourth-order valence-corrected chi connectivity index (χ4v) is 3.71. The number of hydrogen-bond acceptors (Lipinski definition) is 4. The number of sulfone groups is 1. The molecule has 0 amide bonds. The molecule has 0 saturated carbocycles. The van der Waals surface area contributed by atoms with Crippen molar-refractivity contribution in [2.75, 3.05) is 5.75 Å². The van der Waals surface area contributed by atoms with E-state index >= 15 is 0 Å². The van der Waals surface area contributed by atoms with Crippen molar-refractivity contribution >= 4 is 15.6 Å². The lowest BCUT2D eigenvalue weighted by atomic mass is 10.2. The van der Waals surface area contributed by atoms with Crippen LogP contribution in [0, 0.1) is 0 Å². The number of ketones is 1. The molecular weight excluding hydrogens is 216 g/mol. The first-order valence-electron chi connectivity index (χ1n) is 4.78. The van der Waals surface area contributed by atoms with Gasteiger partial charge in [-0.2, -0.15) is 5.10 Å². The van der Waals surface area contributed by atoms with Crippen molar-refractivity contribution in [3.8, 4) is 0 Å². The molecule has 1 fully saturated rings. The summed E-state index contributed by atoms with van der Waals surface area (Å²) in [5.74, 6) is 0.0689. The molecule has 1 saturated heterocycles. The number of nitrogens with one attached hydrogen (secondary N) is 1. The van der Waals surface area contributed by atoms with Gasteiger partial charge in [0.25, 0.3) is 0 Å². The van der Waals surface area contributed by atoms with Gasteiger partial charge in [0.2, 0.25) is 0 Å². The molecule has 0 spiro atoms. The molecule has 2 rings (SSSR count). The molecule has 0 bridgehead atoms. The van der Waals surface area contributed by atoms with E-state index in [-0.39, 0.29) is 11.5 Å². The summed E-state index contributed by atoms with van der Waals surface area (Å²) in [6, 6.07) is 1.54. The minimum Gasteiger partial charge on any atom is -0.293 e. The molecule has 2 heterocycles. The molecule has 5 nitrogen and oxygen atoms in total. The Labute approximate surface area is 87.8 Å². The van der Waals surface area contributed by atoms with E-state index in [2.05, 4.69) is 10.2 Å². The zero-order chi connectivity index (χ0) is 11.1. The highest BCUT2D eigenvalue weighted by molar-refractivity contribution is 7.91. The summed E-state index contributed by atoms with van der Waals surface area (Å²) >= 11 is 0. The summed E-state index contributed by atoms with van der Waals surface area (Å²) in [5, 5.41) is 5.92. The molecule has 0 aromatic carbocycles. The Bertz CT molecular complexity index is 489. The molecule has 6 heteroatoms.